The molecule has 1 aliphatic carbocycles. The van der Waals surface area contributed by atoms with Crippen LogP contribution in [0.2, 0.25) is 0 Å². The summed E-state index contributed by atoms with van der Waals surface area (Å²) in [5.74, 6) is 0.576. The predicted molar refractivity (Wildman–Crippen MR) is 182 cm³/mol. The molecule has 0 amide bonds. The number of nitrogens with zero attached hydrogens (tertiary/aromatic N) is 6. The molecule has 1 aliphatic heterocycles. The highest BCUT2D eigenvalue weighted by Crippen LogP contribution is 2.33. The van der Waals surface area contributed by atoms with E-state index in [-0.39, 0.29) is 5.43 Å². The average molecular weight is 619 g/mol. The molecule has 0 spiro atoms. The van der Waals surface area contributed by atoms with Crippen LogP contribution < -0.4 is 5.43 Å². The van der Waals surface area contributed by atoms with E-state index in [1.807, 2.05) is 97.3 Å². The second-order valence-corrected chi connectivity index (χ2v) is 11.6. The molecule has 1 aromatic carbocycles. The highest BCUT2D eigenvalue weighted by molar-refractivity contribution is 5.86. The maximum absolute atomic E-state index is 13.0. The zero-order chi connectivity index (χ0) is 31.8. The van der Waals surface area contributed by atoms with Gasteiger partial charge in [-0.1, -0.05) is 36.4 Å². The molecular weight excluding hydrogens is 584 g/mol. The SMILES string of the molecule is O=c1cc2oc3cccc(CN(Cc4ccccn4)Cc4ccccn4)c3cc-2c(CN(Cc2ccccn2)Cc2ccccn2)c1. The van der Waals surface area contributed by atoms with Crippen molar-refractivity contribution >= 4 is 11.0 Å². The van der Waals surface area contributed by atoms with Crippen molar-refractivity contribution in [3.63, 3.8) is 0 Å². The fourth-order valence-corrected chi connectivity index (χ4v) is 5.98. The molecule has 0 saturated heterocycles. The Morgan fingerprint density at radius 2 is 0.979 bits per heavy atom. The Morgan fingerprint density at radius 1 is 0.489 bits per heavy atom. The van der Waals surface area contributed by atoms with E-state index in [1.54, 1.807) is 24.5 Å². The van der Waals surface area contributed by atoms with Gasteiger partial charge in [0.1, 0.15) is 11.3 Å². The summed E-state index contributed by atoms with van der Waals surface area (Å²) in [6, 6.07) is 35.5. The van der Waals surface area contributed by atoms with E-state index in [2.05, 4.69) is 41.9 Å². The molecule has 4 aromatic heterocycles. The molecule has 5 heterocycles. The molecule has 0 radical (unpaired) electrons. The van der Waals surface area contributed by atoms with Gasteiger partial charge in [0.15, 0.2) is 5.43 Å². The minimum Gasteiger partial charge on any atom is -0.456 e. The fourth-order valence-electron chi connectivity index (χ4n) is 5.98. The van der Waals surface area contributed by atoms with Crippen LogP contribution in [0.25, 0.3) is 22.3 Å². The Kier molecular flexibility index (Phi) is 9.12. The molecule has 0 fully saturated rings. The van der Waals surface area contributed by atoms with Gasteiger partial charge in [0.25, 0.3) is 0 Å². The number of rotatable bonds is 12. The topological polar surface area (TPSA) is 88.3 Å². The van der Waals surface area contributed by atoms with Crippen molar-refractivity contribution in [1.82, 2.24) is 29.7 Å². The zero-order valence-electron chi connectivity index (χ0n) is 25.9. The number of hydrogen-bond acceptors (Lipinski definition) is 8. The second kappa shape index (κ2) is 14.2. The maximum atomic E-state index is 13.0. The van der Waals surface area contributed by atoms with Crippen molar-refractivity contribution in [1.29, 1.82) is 0 Å². The summed E-state index contributed by atoms with van der Waals surface area (Å²) >= 11 is 0. The van der Waals surface area contributed by atoms with Crippen LogP contribution in [0.15, 0.2) is 143 Å². The first-order valence-corrected chi connectivity index (χ1v) is 15.7. The lowest BCUT2D eigenvalue weighted by molar-refractivity contribution is 0.242. The highest BCUT2D eigenvalue weighted by atomic mass is 16.3. The summed E-state index contributed by atoms with van der Waals surface area (Å²) in [5.41, 5.74) is 7.47. The van der Waals surface area contributed by atoms with Crippen molar-refractivity contribution in [2.45, 2.75) is 39.3 Å². The van der Waals surface area contributed by atoms with Gasteiger partial charge in [-0.05, 0) is 77.9 Å². The molecule has 2 aliphatic rings. The number of benzene rings is 2. The molecule has 8 heteroatoms. The third-order valence-electron chi connectivity index (χ3n) is 8.10. The molecule has 232 valence electrons. The van der Waals surface area contributed by atoms with Gasteiger partial charge < -0.3 is 4.42 Å². The van der Waals surface area contributed by atoms with Gasteiger partial charge in [-0.15, -0.1) is 0 Å². The summed E-state index contributed by atoms with van der Waals surface area (Å²) < 4.78 is 6.46. The Labute approximate surface area is 273 Å². The van der Waals surface area contributed by atoms with Gasteiger partial charge in [-0.3, -0.25) is 34.5 Å². The molecule has 0 atom stereocenters. The van der Waals surface area contributed by atoms with E-state index in [1.165, 1.54) is 0 Å². The minimum absolute atomic E-state index is 0.0840. The average Bonchev–Trinajstić information content (AvgIpc) is 3.09. The van der Waals surface area contributed by atoms with Crippen LogP contribution in [0.1, 0.15) is 33.9 Å². The van der Waals surface area contributed by atoms with Crippen LogP contribution in [-0.2, 0) is 39.3 Å². The smallest absolute Gasteiger partial charge is 0.182 e. The van der Waals surface area contributed by atoms with E-state index < -0.39 is 0 Å². The summed E-state index contributed by atoms with van der Waals surface area (Å²) in [5, 5.41) is 1.01. The highest BCUT2D eigenvalue weighted by Gasteiger charge is 2.20. The van der Waals surface area contributed by atoms with Crippen LogP contribution in [0.3, 0.4) is 0 Å². The lowest BCUT2D eigenvalue weighted by atomic mass is 9.98. The van der Waals surface area contributed by atoms with Crippen molar-refractivity contribution in [3.05, 3.63) is 178 Å². The Bertz CT molecular complexity index is 1990. The van der Waals surface area contributed by atoms with Crippen LogP contribution in [0, 0.1) is 0 Å². The van der Waals surface area contributed by atoms with Gasteiger partial charge in [0.05, 0.1) is 22.8 Å². The molecule has 0 bridgehead atoms. The number of pyridine rings is 4. The van der Waals surface area contributed by atoms with Crippen molar-refractivity contribution < 1.29 is 4.42 Å². The van der Waals surface area contributed by atoms with Crippen LogP contribution >= 0.6 is 0 Å². The molecular formula is C39H34N6O2. The maximum Gasteiger partial charge on any atom is 0.182 e. The third kappa shape index (κ3) is 7.64. The van der Waals surface area contributed by atoms with Crippen LogP contribution in [-0.4, -0.2) is 29.7 Å². The first-order chi connectivity index (χ1) is 23.2. The summed E-state index contributed by atoms with van der Waals surface area (Å²) in [6.07, 6.45) is 7.26. The van der Waals surface area contributed by atoms with E-state index in [4.69, 9.17) is 4.42 Å². The molecule has 8 nitrogen and oxygen atoms in total. The van der Waals surface area contributed by atoms with Crippen molar-refractivity contribution in [2.24, 2.45) is 0 Å². The quantitative estimate of drug-likeness (QED) is 0.137. The van der Waals surface area contributed by atoms with Gasteiger partial charge in [-0.2, -0.15) is 0 Å². The summed E-state index contributed by atoms with van der Waals surface area (Å²) in [6.45, 7) is 3.72. The van der Waals surface area contributed by atoms with Crippen molar-refractivity contribution in [3.8, 4) is 11.3 Å². The monoisotopic (exact) mass is 618 g/mol. The van der Waals surface area contributed by atoms with Gasteiger partial charge in [0.2, 0.25) is 0 Å². The number of aromatic nitrogens is 4. The number of hydrogen-bond donors (Lipinski definition) is 0. The predicted octanol–water partition coefficient (Wildman–Crippen LogP) is 6.88. The molecule has 0 saturated carbocycles. The summed E-state index contributed by atoms with van der Waals surface area (Å²) in [7, 11) is 0. The third-order valence-corrected chi connectivity index (χ3v) is 8.10. The van der Waals surface area contributed by atoms with Gasteiger partial charge in [0, 0.05) is 81.1 Å². The normalized spacial score (nSPS) is 11.5. The van der Waals surface area contributed by atoms with E-state index in [0.29, 0.717) is 45.0 Å². The van der Waals surface area contributed by atoms with E-state index >= 15 is 0 Å². The fraction of sp³-hybridized carbons (Fsp3) is 0.154. The van der Waals surface area contributed by atoms with Crippen molar-refractivity contribution in [2.75, 3.05) is 0 Å². The zero-order valence-corrected chi connectivity index (χ0v) is 25.9. The molecule has 47 heavy (non-hydrogen) atoms. The Morgan fingerprint density at radius 3 is 1.45 bits per heavy atom. The van der Waals surface area contributed by atoms with Crippen LogP contribution in [0.5, 0.6) is 0 Å². The first kappa shape index (κ1) is 30.1. The van der Waals surface area contributed by atoms with Gasteiger partial charge in [-0.25, -0.2) is 0 Å². The summed E-state index contributed by atoms with van der Waals surface area (Å²) in [4.78, 5) is 35.9. The Hall–Kier alpha value is -5.57. The Balaban J connectivity index is 1.25. The minimum atomic E-state index is -0.0840. The second-order valence-electron chi connectivity index (χ2n) is 11.6. The largest absolute Gasteiger partial charge is 0.456 e. The standard InChI is InChI=1S/C39H34N6O2/c46-35-20-30(24-45(27-33-13-3-7-18-42-33)28-34-14-4-8-19-43-34)37-22-36-29(10-9-15-38(36)47-39(37)21-35)23-44(25-31-11-1-5-16-40-31)26-32-12-2-6-17-41-32/h1-22H,23-28H2. The molecule has 7 rings (SSSR count). The van der Waals surface area contributed by atoms with E-state index in [9.17, 15) is 4.79 Å². The van der Waals surface area contributed by atoms with Gasteiger partial charge >= 0.3 is 0 Å². The number of fused-ring (bicyclic) bond motifs is 2. The molecule has 0 unspecified atom stereocenters. The molecule has 5 aromatic rings. The van der Waals surface area contributed by atoms with E-state index in [0.717, 1.165) is 50.4 Å². The lowest BCUT2D eigenvalue weighted by Crippen LogP contribution is -2.24. The van der Waals surface area contributed by atoms with Crippen LogP contribution in [0.4, 0.5) is 0 Å². The first-order valence-electron chi connectivity index (χ1n) is 15.7. The lowest BCUT2D eigenvalue weighted by Gasteiger charge is -2.24. The molecule has 0 N–H and O–H groups in total.